The summed E-state index contributed by atoms with van der Waals surface area (Å²) >= 11 is 0. The van der Waals surface area contributed by atoms with E-state index in [1.54, 1.807) is 0 Å². The molecular weight excluding hydrogens is 210 g/mol. The second-order valence-electron chi connectivity index (χ2n) is 3.96. The van der Waals surface area contributed by atoms with Gasteiger partial charge in [0.1, 0.15) is 6.54 Å². The van der Waals surface area contributed by atoms with Gasteiger partial charge in [0.15, 0.2) is 0 Å². The van der Waals surface area contributed by atoms with Gasteiger partial charge in [0.25, 0.3) is 5.91 Å². The minimum Gasteiger partial charge on any atom is -0.480 e. The summed E-state index contributed by atoms with van der Waals surface area (Å²) in [5, 5.41) is 14.9. The van der Waals surface area contributed by atoms with Crippen LogP contribution in [0.25, 0.3) is 0 Å². The van der Waals surface area contributed by atoms with Crippen molar-refractivity contribution in [3.05, 3.63) is 18.0 Å². The molecule has 16 heavy (non-hydrogen) atoms. The summed E-state index contributed by atoms with van der Waals surface area (Å²) in [6, 6.07) is 0. The van der Waals surface area contributed by atoms with Gasteiger partial charge in [0, 0.05) is 12.7 Å². The van der Waals surface area contributed by atoms with Crippen LogP contribution in [0, 0.1) is 5.92 Å². The average Bonchev–Trinajstić information content (AvgIpc) is 2.66. The number of amides is 1. The van der Waals surface area contributed by atoms with Gasteiger partial charge in [-0.2, -0.15) is 5.10 Å². The lowest BCUT2D eigenvalue weighted by atomic mass is 10.2. The fraction of sp³-hybridized carbons (Fsp3) is 0.500. The molecule has 0 saturated heterocycles. The average molecular weight is 225 g/mol. The van der Waals surface area contributed by atoms with Crippen LogP contribution in [-0.4, -0.2) is 45.2 Å². The maximum atomic E-state index is 11.9. The monoisotopic (exact) mass is 225 g/mol. The number of aromatic amines is 1. The Hall–Kier alpha value is -1.85. The number of hydrogen-bond acceptors (Lipinski definition) is 3. The highest BCUT2D eigenvalue weighted by Crippen LogP contribution is 2.05. The normalized spacial score (nSPS) is 10.4. The molecule has 6 nitrogen and oxygen atoms in total. The highest BCUT2D eigenvalue weighted by molar-refractivity contribution is 5.95. The summed E-state index contributed by atoms with van der Waals surface area (Å²) in [6.45, 7) is 3.98. The van der Waals surface area contributed by atoms with Gasteiger partial charge < -0.3 is 10.0 Å². The highest BCUT2D eigenvalue weighted by Gasteiger charge is 2.19. The number of rotatable bonds is 5. The first-order valence-corrected chi connectivity index (χ1v) is 5.00. The van der Waals surface area contributed by atoms with E-state index in [0.29, 0.717) is 12.1 Å². The Morgan fingerprint density at radius 2 is 2.25 bits per heavy atom. The maximum Gasteiger partial charge on any atom is 0.323 e. The van der Waals surface area contributed by atoms with Crippen molar-refractivity contribution in [3.8, 4) is 0 Å². The number of nitrogens with zero attached hydrogens (tertiary/aromatic N) is 2. The molecule has 0 atom stereocenters. The van der Waals surface area contributed by atoms with Crippen LogP contribution in [0.15, 0.2) is 12.4 Å². The molecule has 0 bridgehead atoms. The van der Waals surface area contributed by atoms with Crippen LogP contribution in [0.1, 0.15) is 24.2 Å². The second-order valence-corrected chi connectivity index (χ2v) is 3.96. The van der Waals surface area contributed by atoms with E-state index in [0.717, 1.165) is 0 Å². The van der Waals surface area contributed by atoms with Crippen molar-refractivity contribution >= 4 is 11.9 Å². The number of carbonyl (C=O) groups excluding carboxylic acids is 1. The van der Waals surface area contributed by atoms with Crippen LogP contribution < -0.4 is 0 Å². The van der Waals surface area contributed by atoms with Crippen molar-refractivity contribution in [3.63, 3.8) is 0 Å². The Balaban J connectivity index is 2.75. The summed E-state index contributed by atoms with van der Waals surface area (Å²) in [6.07, 6.45) is 2.84. The Morgan fingerprint density at radius 1 is 1.56 bits per heavy atom. The third kappa shape index (κ3) is 3.38. The molecule has 6 heteroatoms. The molecule has 0 unspecified atom stereocenters. The van der Waals surface area contributed by atoms with Gasteiger partial charge >= 0.3 is 5.97 Å². The third-order valence-corrected chi connectivity index (χ3v) is 1.94. The number of carbonyl (C=O) groups is 2. The van der Waals surface area contributed by atoms with Crippen molar-refractivity contribution in [2.24, 2.45) is 5.92 Å². The summed E-state index contributed by atoms with van der Waals surface area (Å²) in [5.41, 5.74) is 0.377. The van der Waals surface area contributed by atoms with E-state index >= 15 is 0 Å². The quantitative estimate of drug-likeness (QED) is 0.768. The largest absolute Gasteiger partial charge is 0.480 e. The molecule has 88 valence electrons. The number of carboxylic acids is 1. The van der Waals surface area contributed by atoms with E-state index < -0.39 is 5.97 Å². The number of H-pyrrole nitrogens is 1. The molecule has 0 radical (unpaired) electrons. The van der Waals surface area contributed by atoms with E-state index in [1.165, 1.54) is 17.3 Å². The molecule has 1 heterocycles. The van der Waals surface area contributed by atoms with Crippen molar-refractivity contribution in [2.75, 3.05) is 13.1 Å². The van der Waals surface area contributed by atoms with Crippen LogP contribution >= 0.6 is 0 Å². The summed E-state index contributed by atoms with van der Waals surface area (Å²) in [5.74, 6) is -1.11. The molecule has 1 aromatic rings. The van der Waals surface area contributed by atoms with Crippen LogP contribution in [0.5, 0.6) is 0 Å². The summed E-state index contributed by atoms with van der Waals surface area (Å²) < 4.78 is 0. The highest BCUT2D eigenvalue weighted by atomic mass is 16.4. The molecule has 1 amide bonds. The molecule has 1 rings (SSSR count). The number of aliphatic carboxylic acids is 1. The zero-order valence-electron chi connectivity index (χ0n) is 9.30. The van der Waals surface area contributed by atoms with Gasteiger partial charge in [-0.05, 0) is 5.92 Å². The molecule has 0 aliphatic heterocycles. The van der Waals surface area contributed by atoms with E-state index in [2.05, 4.69) is 10.2 Å². The standard InChI is InChI=1S/C10H15N3O3/c1-7(2)5-13(6-9(14)15)10(16)8-3-11-12-4-8/h3-4,7H,5-6H2,1-2H3,(H,11,12)(H,14,15). The summed E-state index contributed by atoms with van der Waals surface area (Å²) in [7, 11) is 0. The van der Waals surface area contributed by atoms with E-state index in [1.807, 2.05) is 13.8 Å². The van der Waals surface area contributed by atoms with Gasteiger partial charge in [-0.3, -0.25) is 14.7 Å². The third-order valence-electron chi connectivity index (χ3n) is 1.94. The van der Waals surface area contributed by atoms with Crippen LogP contribution in [0.3, 0.4) is 0 Å². The molecule has 0 aromatic carbocycles. The predicted octanol–water partition coefficient (Wildman–Crippen LogP) is 0.592. The van der Waals surface area contributed by atoms with Crippen molar-refractivity contribution in [2.45, 2.75) is 13.8 Å². The minimum absolute atomic E-state index is 0.218. The first kappa shape index (κ1) is 12.2. The maximum absolute atomic E-state index is 11.9. The number of hydrogen-bond donors (Lipinski definition) is 2. The Labute approximate surface area is 93.3 Å². The SMILES string of the molecule is CC(C)CN(CC(=O)O)C(=O)c1cn[nH]c1. The topological polar surface area (TPSA) is 86.3 Å². The molecule has 0 aliphatic carbocycles. The Kier molecular flexibility index (Phi) is 4.04. The molecule has 0 fully saturated rings. The van der Waals surface area contributed by atoms with Crippen LogP contribution in [0.2, 0.25) is 0 Å². The fourth-order valence-corrected chi connectivity index (χ4v) is 1.37. The van der Waals surface area contributed by atoms with Gasteiger partial charge in [0.05, 0.1) is 11.8 Å². The zero-order chi connectivity index (χ0) is 12.1. The predicted molar refractivity (Wildman–Crippen MR) is 57.0 cm³/mol. The Morgan fingerprint density at radius 3 is 2.69 bits per heavy atom. The van der Waals surface area contributed by atoms with Crippen LogP contribution in [0.4, 0.5) is 0 Å². The number of aromatic nitrogens is 2. The molecular formula is C10H15N3O3. The van der Waals surface area contributed by atoms with E-state index in [9.17, 15) is 9.59 Å². The van der Waals surface area contributed by atoms with Gasteiger partial charge in [-0.25, -0.2) is 0 Å². The Bertz CT molecular complexity index is 359. The molecule has 1 aromatic heterocycles. The fourth-order valence-electron chi connectivity index (χ4n) is 1.37. The lowest BCUT2D eigenvalue weighted by molar-refractivity contribution is -0.137. The molecule has 0 saturated carbocycles. The zero-order valence-corrected chi connectivity index (χ0v) is 9.30. The van der Waals surface area contributed by atoms with Crippen molar-refractivity contribution in [1.82, 2.24) is 15.1 Å². The van der Waals surface area contributed by atoms with Crippen molar-refractivity contribution in [1.29, 1.82) is 0 Å². The van der Waals surface area contributed by atoms with Crippen LogP contribution in [-0.2, 0) is 4.79 Å². The van der Waals surface area contributed by atoms with E-state index in [4.69, 9.17) is 5.11 Å². The first-order chi connectivity index (χ1) is 7.50. The molecule has 0 aliphatic rings. The first-order valence-electron chi connectivity index (χ1n) is 5.00. The molecule has 2 N–H and O–H groups in total. The van der Waals surface area contributed by atoms with Gasteiger partial charge in [-0.15, -0.1) is 0 Å². The smallest absolute Gasteiger partial charge is 0.323 e. The summed E-state index contributed by atoms with van der Waals surface area (Å²) in [4.78, 5) is 23.8. The number of nitrogens with one attached hydrogen (secondary N) is 1. The lowest BCUT2D eigenvalue weighted by Gasteiger charge is -2.21. The van der Waals surface area contributed by atoms with E-state index in [-0.39, 0.29) is 18.4 Å². The van der Waals surface area contributed by atoms with Crippen molar-refractivity contribution < 1.29 is 14.7 Å². The second kappa shape index (κ2) is 5.29. The van der Waals surface area contributed by atoms with Gasteiger partial charge in [0.2, 0.25) is 0 Å². The molecule has 0 spiro atoms. The van der Waals surface area contributed by atoms with Gasteiger partial charge in [-0.1, -0.05) is 13.8 Å². The minimum atomic E-state index is -1.02. The lowest BCUT2D eigenvalue weighted by Crippen LogP contribution is -2.38. The number of carboxylic acid groups (broad SMARTS) is 1.